The first-order chi connectivity index (χ1) is 27.2. The van der Waals surface area contributed by atoms with Gasteiger partial charge in [0.05, 0.1) is 25.4 Å². The molecule has 7 fully saturated rings. The highest BCUT2D eigenvalue weighted by molar-refractivity contribution is 5.83. The van der Waals surface area contributed by atoms with E-state index in [9.17, 15) is 24.9 Å². The maximum atomic E-state index is 14.4. The number of fused-ring (bicyclic) bond motifs is 2. The number of rotatable bonds is 17. The van der Waals surface area contributed by atoms with Crippen LogP contribution in [0.25, 0.3) is 0 Å². The van der Waals surface area contributed by atoms with Crippen molar-refractivity contribution in [2.75, 3.05) is 60.6 Å². The molecule has 16 atom stereocenters. The second-order valence-electron chi connectivity index (χ2n) is 20.2. The monoisotopic (exact) mass is 805 g/mol. The lowest BCUT2D eigenvalue weighted by atomic mass is 9.45. The fraction of sp³-hybridized carbons (Fsp3) is 0.955. The quantitative estimate of drug-likeness (QED) is 0.116. The molecular weight excluding hydrogens is 725 g/mol. The van der Waals surface area contributed by atoms with E-state index in [4.69, 9.17) is 9.57 Å². The second-order valence-corrected chi connectivity index (χ2v) is 20.2. The molecule has 13 nitrogen and oxygen atoms in total. The molecular formula is C44H80N6O7. The maximum Gasteiger partial charge on any atom is 0.240 e. The van der Waals surface area contributed by atoms with E-state index < -0.39 is 24.2 Å². The Bertz CT molecular complexity index is 1300. The highest BCUT2D eigenvalue weighted by atomic mass is 16.7. The summed E-state index contributed by atoms with van der Waals surface area (Å²) in [5.74, 6) is 1.35. The number of hydrogen-bond donors (Lipinski definition) is 7. The molecule has 7 N–H and O–H groups in total. The number of aliphatic hydroxyl groups is 3. The molecule has 57 heavy (non-hydrogen) atoms. The van der Waals surface area contributed by atoms with Crippen LogP contribution in [0.5, 0.6) is 0 Å². The number of amides is 2. The maximum absolute atomic E-state index is 14.4. The second kappa shape index (κ2) is 20.0. The van der Waals surface area contributed by atoms with Crippen LogP contribution in [-0.2, 0) is 19.2 Å². The van der Waals surface area contributed by atoms with Gasteiger partial charge in [-0.1, -0.05) is 33.6 Å². The third-order valence-electron chi connectivity index (χ3n) is 15.9. The molecule has 0 aromatic carbocycles. The van der Waals surface area contributed by atoms with Gasteiger partial charge in [-0.2, -0.15) is 5.06 Å². The number of nitrogens with zero attached hydrogens (tertiary/aromatic N) is 2. The van der Waals surface area contributed by atoms with Crippen LogP contribution < -0.4 is 21.3 Å². The molecule has 7 rings (SSSR count). The van der Waals surface area contributed by atoms with Crippen molar-refractivity contribution in [1.82, 2.24) is 31.2 Å². The van der Waals surface area contributed by atoms with E-state index >= 15 is 0 Å². The van der Waals surface area contributed by atoms with E-state index in [1.54, 1.807) is 19.1 Å². The Morgan fingerprint density at radius 3 is 2.46 bits per heavy atom. The van der Waals surface area contributed by atoms with Crippen LogP contribution in [0.2, 0.25) is 0 Å². The van der Waals surface area contributed by atoms with Crippen LogP contribution in [0, 0.1) is 52.8 Å². The van der Waals surface area contributed by atoms with Crippen LogP contribution in [0.3, 0.4) is 0 Å². The predicted octanol–water partition coefficient (Wildman–Crippen LogP) is 2.52. The van der Waals surface area contributed by atoms with Gasteiger partial charge in [0, 0.05) is 68.7 Å². The van der Waals surface area contributed by atoms with E-state index in [-0.39, 0.29) is 72.9 Å². The van der Waals surface area contributed by atoms with Gasteiger partial charge in [-0.25, -0.2) is 0 Å². The van der Waals surface area contributed by atoms with Gasteiger partial charge < -0.3 is 46.2 Å². The lowest BCUT2D eigenvalue weighted by Crippen LogP contribution is -2.62. The van der Waals surface area contributed by atoms with Gasteiger partial charge in [-0.3, -0.25) is 14.4 Å². The SMILES string of the molecule is COC1C(CN2O[C@@H](CO)[C@@H]([C@H](C)O)[C@H]2C(=O)N[C@H]2C[C@H]3C[C@@H]([C@@H]2C)C3(C)C)CCCC1C1CC(NCCO)CC(C(=O)N[C@@H](CC2CCCCN2)CN(C)C)C1. The Kier molecular flexibility index (Phi) is 15.8. The molecule has 2 heterocycles. The molecule has 2 amide bonds. The summed E-state index contributed by atoms with van der Waals surface area (Å²) in [6.07, 6.45) is 10.4. The number of carbonyl (C=O) groups excluding carboxylic acids is 2. The summed E-state index contributed by atoms with van der Waals surface area (Å²) in [6, 6.07) is -0.0484. The molecule has 328 valence electrons. The van der Waals surface area contributed by atoms with Crippen molar-refractivity contribution in [2.45, 2.75) is 153 Å². The van der Waals surface area contributed by atoms with E-state index in [0.29, 0.717) is 42.3 Å². The van der Waals surface area contributed by atoms with Crippen molar-refractivity contribution in [3.8, 4) is 0 Å². The molecule has 0 aromatic rings. The standard InChI is InChI=1S/C44H80N6O7/c1-26-36-20-31(44(36,3)4)21-37(26)48-43(55)40-39(27(2)53)38(25-52)57-50(40)23-28-11-10-13-35(41(28)56-7)29-17-30(19-33(18-29)46-15-16-51)42(54)47-34(24-49(5)6)22-32-12-8-9-14-45-32/h26-41,45-46,51-53H,8-25H2,1-7H3,(H,47,54)(H,48,55)/t26-,27-,28?,29?,30?,31+,32?,33?,34-,35?,36-,37-,38-,39+,40-,41?/m0/s1. The van der Waals surface area contributed by atoms with Crippen molar-refractivity contribution in [3.63, 3.8) is 0 Å². The van der Waals surface area contributed by atoms with Crippen LogP contribution in [0.4, 0.5) is 0 Å². The summed E-state index contributed by atoms with van der Waals surface area (Å²) in [5.41, 5.74) is 0.303. The number of carbonyl (C=O) groups is 2. The Labute approximate surface area is 343 Å². The number of hydrogen-bond acceptors (Lipinski definition) is 11. The zero-order chi connectivity index (χ0) is 41.0. The first-order valence-corrected chi connectivity index (χ1v) is 22.8. The number of ether oxygens (including phenoxy) is 1. The van der Waals surface area contributed by atoms with Gasteiger partial charge in [-0.05, 0) is 127 Å². The highest BCUT2D eigenvalue weighted by Gasteiger charge is 2.58. The molecule has 5 aliphatic carbocycles. The molecule has 7 aliphatic rings. The van der Waals surface area contributed by atoms with E-state index in [1.165, 1.54) is 19.3 Å². The van der Waals surface area contributed by atoms with Gasteiger partial charge in [0.15, 0.2) is 0 Å². The third kappa shape index (κ3) is 10.4. The summed E-state index contributed by atoms with van der Waals surface area (Å²) in [4.78, 5) is 37.2. The van der Waals surface area contributed by atoms with Gasteiger partial charge in [-0.15, -0.1) is 0 Å². The van der Waals surface area contributed by atoms with E-state index in [1.807, 2.05) is 0 Å². The lowest BCUT2D eigenvalue weighted by Gasteiger charge is -2.62. The molecule has 2 saturated heterocycles. The number of likely N-dealkylation sites (N-methyl/N-ethyl adjacent to an activating group) is 1. The summed E-state index contributed by atoms with van der Waals surface area (Å²) >= 11 is 0. The van der Waals surface area contributed by atoms with Crippen LogP contribution in [-0.4, -0.2) is 146 Å². The summed E-state index contributed by atoms with van der Waals surface area (Å²) in [6.45, 7) is 11.2. The van der Waals surface area contributed by atoms with Gasteiger partial charge >= 0.3 is 0 Å². The fourth-order valence-corrected chi connectivity index (χ4v) is 12.9. The van der Waals surface area contributed by atoms with Crippen LogP contribution in [0.15, 0.2) is 0 Å². The average Bonchev–Trinajstić information content (AvgIpc) is 3.56. The molecule has 13 heteroatoms. The molecule has 2 aliphatic heterocycles. The minimum atomic E-state index is -0.846. The smallest absolute Gasteiger partial charge is 0.240 e. The van der Waals surface area contributed by atoms with Crippen LogP contribution >= 0.6 is 0 Å². The first-order valence-electron chi connectivity index (χ1n) is 22.8. The fourth-order valence-electron chi connectivity index (χ4n) is 12.9. The van der Waals surface area contributed by atoms with Crippen molar-refractivity contribution in [2.24, 2.45) is 52.8 Å². The first kappa shape index (κ1) is 45.1. The Balaban J connectivity index is 1.16. The summed E-state index contributed by atoms with van der Waals surface area (Å²) < 4.78 is 6.42. The molecule has 0 radical (unpaired) electrons. The lowest BCUT2D eigenvalue weighted by molar-refractivity contribution is -0.193. The zero-order valence-electron chi connectivity index (χ0n) is 36.3. The average molecular weight is 805 g/mol. The highest BCUT2D eigenvalue weighted by Crippen LogP contribution is 2.61. The number of piperidine rings is 1. The van der Waals surface area contributed by atoms with E-state index in [0.717, 1.165) is 70.9 Å². The van der Waals surface area contributed by atoms with Gasteiger partial charge in [0.1, 0.15) is 12.1 Å². The minimum Gasteiger partial charge on any atom is -0.395 e. The summed E-state index contributed by atoms with van der Waals surface area (Å²) in [5, 5.41) is 47.1. The Morgan fingerprint density at radius 1 is 1.04 bits per heavy atom. The Morgan fingerprint density at radius 2 is 1.82 bits per heavy atom. The number of aliphatic hydroxyl groups excluding tert-OH is 3. The molecule has 2 bridgehead atoms. The predicted molar refractivity (Wildman–Crippen MR) is 221 cm³/mol. The van der Waals surface area contributed by atoms with E-state index in [2.05, 4.69) is 61.0 Å². The van der Waals surface area contributed by atoms with Gasteiger partial charge in [0.2, 0.25) is 11.8 Å². The molecule has 0 aromatic heterocycles. The summed E-state index contributed by atoms with van der Waals surface area (Å²) in [7, 11) is 5.93. The van der Waals surface area contributed by atoms with Crippen molar-refractivity contribution < 1.29 is 34.5 Å². The molecule has 0 spiro atoms. The molecule has 7 unspecified atom stereocenters. The largest absolute Gasteiger partial charge is 0.395 e. The normalized spacial score (nSPS) is 40.6. The Hall–Kier alpha value is -1.42. The van der Waals surface area contributed by atoms with Crippen molar-refractivity contribution in [3.05, 3.63) is 0 Å². The molecule has 5 saturated carbocycles. The van der Waals surface area contributed by atoms with Gasteiger partial charge in [0.25, 0.3) is 0 Å². The van der Waals surface area contributed by atoms with Crippen LogP contribution in [0.1, 0.15) is 105 Å². The number of methoxy groups -OCH3 is 1. The zero-order valence-corrected chi connectivity index (χ0v) is 36.3. The topological polar surface area (TPSA) is 168 Å². The van der Waals surface area contributed by atoms with Crippen molar-refractivity contribution in [1.29, 1.82) is 0 Å². The third-order valence-corrected chi connectivity index (χ3v) is 15.9. The number of hydroxylamine groups is 2. The number of nitrogens with one attached hydrogen (secondary N) is 4. The minimum absolute atomic E-state index is 0.0508. The van der Waals surface area contributed by atoms with Crippen molar-refractivity contribution >= 4 is 11.8 Å².